The highest BCUT2D eigenvalue weighted by atomic mass is 14.8. The van der Waals surface area contributed by atoms with Gasteiger partial charge in [-0.15, -0.1) is 0 Å². The van der Waals surface area contributed by atoms with Crippen molar-refractivity contribution in [3.8, 4) is 12.1 Å². The monoisotopic (exact) mass is 203 g/mol. The van der Waals surface area contributed by atoms with E-state index in [2.05, 4.69) is 18.7 Å². The minimum atomic E-state index is -0.873. The van der Waals surface area contributed by atoms with Crippen molar-refractivity contribution in [3.63, 3.8) is 0 Å². The number of hydrogen-bond donors (Lipinski definition) is 1. The lowest BCUT2D eigenvalue weighted by Gasteiger charge is -2.41. The molecule has 1 saturated carbocycles. The maximum Gasteiger partial charge on any atom is 0.108 e. The second-order valence-electron chi connectivity index (χ2n) is 4.66. The molecule has 80 valence electrons. The van der Waals surface area contributed by atoms with Crippen molar-refractivity contribution in [2.24, 2.45) is 23.5 Å². The molecule has 2 N–H and O–H groups in total. The zero-order valence-corrected chi connectivity index (χ0v) is 9.33. The first-order valence-corrected chi connectivity index (χ1v) is 5.19. The van der Waals surface area contributed by atoms with E-state index < -0.39 is 5.54 Å². The normalized spacial score (nSPS) is 40.2. The van der Waals surface area contributed by atoms with Crippen LogP contribution in [0.15, 0.2) is 12.2 Å². The highest BCUT2D eigenvalue weighted by molar-refractivity contribution is 5.19. The van der Waals surface area contributed by atoms with Gasteiger partial charge >= 0.3 is 0 Å². The van der Waals surface area contributed by atoms with Crippen molar-refractivity contribution in [2.75, 3.05) is 0 Å². The van der Waals surface area contributed by atoms with Crippen LogP contribution in [-0.2, 0) is 0 Å². The van der Waals surface area contributed by atoms with Gasteiger partial charge in [0, 0.05) is 5.92 Å². The van der Waals surface area contributed by atoms with Crippen LogP contribution >= 0.6 is 0 Å². The van der Waals surface area contributed by atoms with Gasteiger partial charge in [0.05, 0.1) is 18.1 Å². The quantitative estimate of drug-likeness (QED) is 0.662. The predicted molar refractivity (Wildman–Crippen MR) is 58.3 cm³/mol. The first-order chi connectivity index (χ1) is 6.94. The summed E-state index contributed by atoms with van der Waals surface area (Å²) in [6.07, 6.45) is 1.41. The molecule has 1 aliphatic rings. The van der Waals surface area contributed by atoms with Crippen LogP contribution in [-0.4, -0.2) is 5.54 Å². The molecule has 0 aromatic rings. The van der Waals surface area contributed by atoms with Gasteiger partial charge in [-0.1, -0.05) is 19.1 Å². The molecule has 0 saturated heterocycles. The highest BCUT2D eigenvalue weighted by Gasteiger charge is 2.44. The van der Waals surface area contributed by atoms with Crippen LogP contribution in [0.25, 0.3) is 0 Å². The van der Waals surface area contributed by atoms with Crippen molar-refractivity contribution in [2.45, 2.75) is 32.2 Å². The van der Waals surface area contributed by atoms with Gasteiger partial charge in [0.25, 0.3) is 0 Å². The van der Waals surface area contributed by atoms with Gasteiger partial charge in [0.2, 0.25) is 0 Å². The minimum Gasteiger partial charge on any atom is -0.313 e. The van der Waals surface area contributed by atoms with Crippen LogP contribution in [0.4, 0.5) is 0 Å². The summed E-state index contributed by atoms with van der Waals surface area (Å²) in [5.74, 6) is 0.00343. The fourth-order valence-electron chi connectivity index (χ4n) is 2.23. The van der Waals surface area contributed by atoms with Gasteiger partial charge in [-0.3, -0.25) is 0 Å². The van der Waals surface area contributed by atoms with E-state index in [1.54, 1.807) is 0 Å². The van der Waals surface area contributed by atoms with Gasteiger partial charge < -0.3 is 5.73 Å². The Labute approximate surface area is 91.2 Å². The summed E-state index contributed by atoms with van der Waals surface area (Å²) >= 11 is 0. The molecule has 1 fully saturated rings. The minimum absolute atomic E-state index is 0.0666. The summed E-state index contributed by atoms with van der Waals surface area (Å²) in [4.78, 5) is 0. The number of nitrogens with zero attached hydrogens (tertiary/aromatic N) is 2. The third-order valence-electron chi connectivity index (χ3n) is 3.61. The molecule has 15 heavy (non-hydrogen) atoms. The van der Waals surface area contributed by atoms with E-state index in [0.29, 0.717) is 6.42 Å². The third-order valence-corrected chi connectivity index (χ3v) is 3.61. The lowest BCUT2D eigenvalue weighted by Crippen LogP contribution is -2.52. The molecule has 0 aromatic heterocycles. The van der Waals surface area contributed by atoms with Crippen molar-refractivity contribution in [1.29, 1.82) is 10.5 Å². The second-order valence-corrected chi connectivity index (χ2v) is 4.66. The number of nitrogens with two attached hydrogens (primary N) is 1. The van der Waals surface area contributed by atoms with Gasteiger partial charge in [-0.25, -0.2) is 0 Å². The average Bonchev–Trinajstić information content (AvgIpc) is 2.21. The summed E-state index contributed by atoms with van der Waals surface area (Å²) < 4.78 is 0. The van der Waals surface area contributed by atoms with E-state index >= 15 is 0 Å². The van der Waals surface area contributed by atoms with E-state index in [4.69, 9.17) is 16.3 Å². The predicted octanol–water partition coefficient (Wildman–Crippen LogP) is 1.97. The van der Waals surface area contributed by atoms with E-state index in [0.717, 1.165) is 12.0 Å². The van der Waals surface area contributed by atoms with Crippen LogP contribution in [0, 0.1) is 40.4 Å². The van der Waals surface area contributed by atoms with Gasteiger partial charge in [0.15, 0.2) is 0 Å². The van der Waals surface area contributed by atoms with E-state index in [9.17, 15) is 0 Å². The summed E-state index contributed by atoms with van der Waals surface area (Å²) in [5, 5.41) is 18.2. The van der Waals surface area contributed by atoms with Gasteiger partial charge in [0.1, 0.15) is 5.54 Å². The topological polar surface area (TPSA) is 73.6 Å². The summed E-state index contributed by atoms with van der Waals surface area (Å²) in [6, 6.07) is 4.42. The molecule has 0 aromatic carbocycles. The molecule has 4 atom stereocenters. The Balaban J connectivity index is 2.98. The number of hydrogen-bond acceptors (Lipinski definition) is 3. The smallest absolute Gasteiger partial charge is 0.108 e. The molecule has 3 heteroatoms. The molecule has 1 aliphatic carbocycles. The fraction of sp³-hybridized carbons (Fsp3) is 0.667. The van der Waals surface area contributed by atoms with Crippen molar-refractivity contribution < 1.29 is 0 Å². The molecule has 0 unspecified atom stereocenters. The number of rotatable bonds is 1. The Morgan fingerprint density at radius 1 is 1.53 bits per heavy atom. The van der Waals surface area contributed by atoms with Crippen molar-refractivity contribution in [1.82, 2.24) is 0 Å². The van der Waals surface area contributed by atoms with Crippen LogP contribution in [0.1, 0.15) is 26.7 Å². The molecule has 0 aliphatic heterocycles. The number of allylic oxidation sites excluding steroid dienone is 1. The average molecular weight is 203 g/mol. The third kappa shape index (κ3) is 2.03. The molecular weight excluding hydrogens is 186 g/mol. The molecular formula is C12H17N3. The molecule has 0 bridgehead atoms. The second kappa shape index (κ2) is 4.04. The van der Waals surface area contributed by atoms with Crippen LogP contribution in [0.2, 0.25) is 0 Å². The molecule has 0 spiro atoms. The fourth-order valence-corrected chi connectivity index (χ4v) is 2.23. The Bertz CT molecular complexity index is 347. The van der Waals surface area contributed by atoms with Crippen molar-refractivity contribution >= 4 is 0 Å². The molecule has 0 radical (unpaired) electrons. The summed E-state index contributed by atoms with van der Waals surface area (Å²) in [5.41, 5.74) is 6.19. The zero-order chi connectivity index (χ0) is 11.6. The van der Waals surface area contributed by atoms with Crippen molar-refractivity contribution in [3.05, 3.63) is 12.2 Å². The maximum absolute atomic E-state index is 9.12. The molecule has 1 rings (SSSR count). The zero-order valence-electron chi connectivity index (χ0n) is 9.33. The largest absolute Gasteiger partial charge is 0.313 e. The lowest BCUT2D eigenvalue weighted by molar-refractivity contribution is 0.175. The van der Waals surface area contributed by atoms with Gasteiger partial charge in [-0.05, 0) is 25.7 Å². The molecule has 3 nitrogen and oxygen atoms in total. The maximum atomic E-state index is 9.12. The van der Waals surface area contributed by atoms with E-state index in [1.165, 1.54) is 0 Å². The number of nitriles is 2. The van der Waals surface area contributed by atoms with Crippen LogP contribution < -0.4 is 5.73 Å². The summed E-state index contributed by atoms with van der Waals surface area (Å²) in [7, 11) is 0. The summed E-state index contributed by atoms with van der Waals surface area (Å²) in [6.45, 7) is 7.73. The lowest BCUT2D eigenvalue weighted by atomic mass is 9.64. The van der Waals surface area contributed by atoms with Gasteiger partial charge in [-0.2, -0.15) is 10.5 Å². The Hall–Kier alpha value is -1.32. The Kier molecular flexibility index (Phi) is 3.17. The Morgan fingerprint density at radius 2 is 2.13 bits per heavy atom. The SMILES string of the molecule is C=C(C)[C@@H]1C[C@@H](C#N)[C@@H](C)[C@@](N)(C#N)C1. The first-order valence-electron chi connectivity index (χ1n) is 5.19. The Morgan fingerprint density at radius 3 is 2.53 bits per heavy atom. The van der Waals surface area contributed by atoms with Crippen LogP contribution in [0.5, 0.6) is 0 Å². The van der Waals surface area contributed by atoms with E-state index in [-0.39, 0.29) is 17.8 Å². The van der Waals surface area contributed by atoms with Crippen LogP contribution in [0.3, 0.4) is 0 Å². The van der Waals surface area contributed by atoms with E-state index in [1.807, 2.05) is 13.8 Å². The molecule has 0 heterocycles. The molecule has 0 amide bonds. The highest BCUT2D eigenvalue weighted by Crippen LogP contribution is 2.41. The standard InChI is InChI=1S/C12H17N3/c1-8(2)10-4-11(6-13)9(3)12(15,5-10)7-14/h9-11H,1,4-5,15H2,2-3H3/t9-,10-,11+,12+/m1/s1. The first kappa shape index (κ1) is 11.8.